The molecule has 1 aliphatic heterocycles. The molecule has 0 aliphatic carbocycles. The molecule has 0 radical (unpaired) electrons. The highest BCUT2D eigenvalue weighted by molar-refractivity contribution is 5.92. The molecule has 22 heavy (non-hydrogen) atoms. The number of amides is 1. The Kier molecular flexibility index (Phi) is 4.08. The molecule has 118 valence electrons. The fraction of sp³-hybridized carbons (Fsp3) is 0.467. The quantitative estimate of drug-likeness (QED) is 0.889. The lowest BCUT2D eigenvalue weighted by Crippen LogP contribution is -2.43. The number of aromatic nitrogens is 2. The summed E-state index contributed by atoms with van der Waals surface area (Å²) in [5, 5.41) is 2.80. The number of nitrogens with zero attached hydrogens (tertiary/aromatic N) is 3. The number of fused-ring (bicyclic) bond motifs is 1. The van der Waals surface area contributed by atoms with E-state index in [2.05, 4.69) is 15.2 Å². The van der Waals surface area contributed by atoms with Crippen molar-refractivity contribution in [3.63, 3.8) is 0 Å². The molecule has 0 saturated carbocycles. The van der Waals surface area contributed by atoms with Crippen LogP contribution in [-0.4, -0.2) is 46.0 Å². The number of halogens is 1. The van der Waals surface area contributed by atoms with E-state index in [1.54, 1.807) is 17.7 Å². The van der Waals surface area contributed by atoms with Gasteiger partial charge in [-0.15, -0.1) is 0 Å². The van der Waals surface area contributed by atoms with Crippen molar-refractivity contribution < 1.29 is 9.18 Å². The molecular weight excluding hydrogens is 285 g/mol. The van der Waals surface area contributed by atoms with Crippen LogP contribution in [0.4, 0.5) is 10.3 Å². The smallest absolute Gasteiger partial charge is 0.240 e. The highest BCUT2D eigenvalue weighted by Crippen LogP contribution is 2.19. The number of hydrogen-bond acceptors (Lipinski definition) is 4. The summed E-state index contributed by atoms with van der Waals surface area (Å²) in [6.07, 6.45) is 1.83. The third-order valence-electron chi connectivity index (χ3n) is 4.09. The minimum absolute atomic E-state index is 0.116. The van der Waals surface area contributed by atoms with E-state index in [0.717, 1.165) is 31.4 Å². The van der Waals surface area contributed by atoms with Crippen LogP contribution in [0.15, 0.2) is 18.2 Å². The molecule has 6 nitrogen and oxygen atoms in total. The van der Waals surface area contributed by atoms with Gasteiger partial charge >= 0.3 is 0 Å². The number of nitrogens with two attached hydrogens (primary N) is 1. The largest absolute Gasteiger partial charge is 0.328 e. The van der Waals surface area contributed by atoms with Gasteiger partial charge < -0.3 is 10.3 Å². The van der Waals surface area contributed by atoms with Crippen LogP contribution in [0.25, 0.3) is 11.0 Å². The van der Waals surface area contributed by atoms with E-state index < -0.39 is 0 Å². The van der Waals surface area contributed by atoms with Gasteiger partial charge in [-0.3, -0.25) is 15.0 Å². The standard InChI is InChI=1S/C15H20FN5O/c1-20-13-3-2-10(16)8-12(13)18-15(20)19-14(22)9-21-6-4-11(17)5-7-21/h2-3,8,11H,4-7,9,17H2,1H3,(H,18,19,22). The number of benzene rings is 1. The molecule has 2 aromatic rings. The minimum atomic E-state index is -0.340. The van der Waals surface area contributed by atoms with E-state index in [-0.39, 0.29) is 17.8 Å². The van der Waals surface area contributed by atoms with Gasteiger partial charge in [0.05, 0.1) is 17.6 Å². The zero-order chi connectivity index (χ0) is 15.7. The van der Waals surface area contributed by atoms with Gasteiger partial charge in [-0.1, -0.05) is 0 Å². The number of likely N-dealkylation sites (tertiary alicyclic amines) is 1. The summed E-state index contributed by atoms with van der Waals surface area (Å²) in [7, 11) is 1.79. The van der Waals surface area contributed by atoms with Crippen molar-refractivity contribution in [3.05, 3.63) is 24.0 Å². The van der Waals surface area contributed by atoms with E-state index >= 15 is 0 Å². The second-order valence-electron chi connectivity index (χ2n) is 5.79. The van der Waals surface area contributed by atoms with E-state index in [0.29, 0.717) is 18.0 Å². The monoisotopic (exact) mass is 305 g/mol. The molecule has 0 unspecified atom stereocenters. The number of carbonyl (C=O) groups is 1. The Hall–Kier alpha value is -1.99. The molecule has 2 heterocycles. The van der Waals surface area contributed by atoms with Crippen molar-refractivity contribution >= 4 is 22.9 Å². The highest BCUT2D eigenvalue weighted by Gasteiger charge is 2.19. The number of anilines is 1. The van der Waals surface area contributed by atoms with Crippen LogP contribution in [-0.2, 0) is 11.8 Å². The summed E-state index contributed by atoms with van der Waals surface area (Å²) >= 11 is 0. The predicted molar refractivity (Wildman–Crippen MR) is 83.0 cm³/mol. The van der Waals surface area contributed by atoms with E-state index in [4.69, 9.17) is 5.73 Å². The van der Waals surface area contributed by atoms with Crippen molar-refractivity contribution in [2.45, 2.75) is 18.9 Å². The van der Waals surface area contributed by atoms with Crippen molar-refractivity contribution in [3.8, 4) is 0 Å². The van der Waals surface area contributed by atoms with Crippen molar-refractivity contribution in [1.29, 1.82) is 0 Å². The lowest BCUT2D eigenvalue weighted by atomic mass is 10.1. The predicted octanol–water partition coefficient (Wildman–Crippen LogP) is 1.07. The minimum Gasteiger partial charge on any atom is -0.328 e. The number of aryl methyl sites for hydroxylation is 1. The van der Waals surface area contributed by atoms with Gasteiger partial charge in [-0.25, -0.2) is 9.37 Å². The summed E-state index contributed by atoms with van der Waals surface area (Å²) in [4.78, 5) is 18.5. The van der Waals surface area contributed by atoms with E-state index in [1.807, 2.05) is 0 Å². The molecule has 1 fully saturated rings. The SMILES string of the molecule is Cn1c(NC(=O)CN2CCC(N)CC2)nc2cc(F)ccc21. The van der Waals surface area contributed by atoms with Gasteiger partial charge in [0.2, 0.25) is 11.9 Å². The Morgan fingerprint density at radius 2 is 2.18 bits per heavy atom. The molecule has 3 N–H and O–H groups in total. The third-order valence-corrected chi connectivity index (χ3v) is 4.09. The topological polar surface area (TPSA) is 76.2 Å². The van der Waals surface area contributed by atoms with Crippen LogP contribution in [0.3, 0.4) is 0 Å². The average Bonchev–Trinajstić information content (AvgIpc) is 2.77. The van der Waals surface area contributed by atoms with Gasteiger partial charge in [0.1, 0.15) is 5.82 Å². The lowest BCUT2D eigenvalue weighted by molar-refractivity contribution is -0.117. The number of piperidine rings is 1. The third kappa shape index (κ3) is 3.10. The molecular formula is C15H20FN5O. The molecule has 1 saturated heterocycles. The van der Waals surface area contributed by atoms with Crippen molar-refractivity contribution in [1.82, 2.24) is 14.5 Å². The number of nitrogens with one attached hydrogen (secondary N) is 1. The summed E-state index contributed by atoms with van der Waals surface area (Å²) in [5.74, 6) is -0.0261. The molecule has 0 spiro atoms. The fourth-order valence-corrected chi connectivity index (χ4v) is 2.76. The Labute approximate surface area is 128 Å². The van der Waals surface area contributed by atoms with Crippen LogP contribution >= 0.6 is 0 Å². The number of imidazole rings is 1. The first-order chi connectivity index (χ1) is 10.5. The van der Waals surface area contributed by atoms with Crippen molar-refractivity contribution in [2.24, 2.45) is 12.8 Å². The maximum absolute atomic E-state index is 13.2. The second kappa shape index (κ2) is 6.02. The van der Waals surface area contributed by atoms with Gasteiger partial charge in [0, 0.05) is 32.2 Å². The van der Waals surface area contributed by atoms with Crippen LogP contribution in [0.2, 0.25) is 0 Å². The number of rotatable bonds is 3. The average molecular weight is 305 g/mol. The second-order valence-corrected chi connectivity index (χ2v) is 5.79. The fourth-order valence-electron chi connectivity index (χ4n) is 2.76. The number of carbonyl (C=O) groups excluding carboxylic acids is 1. The Morgan fingerprint density at radius 1 is 1.45 bits per heavy atom. The normalized spacial score (nSPS) is 17.0. The summed E-state index contributed by atoms with van der Waals surface area (Å²) in [6, 6.07) is 4.64. The van der Waals surface area contributed by atoms with Crippen LogP contribution in [0.1, 0.15) is 12.8 Å². The summed E-state index contributed by atoms with van der Waals surface area (Å²) in [5.41, 5.74) is 7.16. The highest BCUT2D eigenvalue weighted by atomic mass is 19.1. The molecule has 1 aromatic heterocycles. The first kappa shape index (κ1) is 14.9. The molecule has 7 heteroatoms. The van der Waals surface area contributed by atoms with E-state index in [9.17, 15) is 9.18 Å². The Morgan fingerprint density at radius 3 is 2.91 bits per heavy atom. The van der Waals surface area contributed by atoms with E-state index in [1.165, 1.54) is 12.1 Å². The summed E-state index contributed by atoms with van der Waals surface area (Å²) in [6.45, 7) is 2.00. The molecule has 3 rings (SSSR count). The van der Waals surface area contributed by atoms with Gasteiger partial charge in [0.25, 0.3) is 0 Å². The van der Waals surface area contributed by atoms with Gasteiger partial charge in [0.15, 0.2) is 0 Å². The van der Waals surface area contributed by atoms with Crippen molar-refractivity contribution in [2.75, 3.05) is 25.0 Å². The van der Waals surface area contributed by atoms with Crippen LogP contribution in [0, 0.1) is 5.82 Å². The molecule has 1 aromatic carbocycles. The molecule has 0 atom stereocenters. The lowest BCUT2D eigenvalue weighted by Gasteiger charge is -2.29. The van der Waals surface area contributed by atoms with Crippen LogP contribution in [0.5, 0.6) is 0 Å². The number of hydrogen-bond donors (Lipinski definition) is 2. The molecule has 0 bridgehead atoms. The maximum Gasteiger partial charge on any atom is 0.240 e. The first-order valence-electron chi connectivity index (χ1n) is 7.42. The zero-order valence-electron chi connectivity index (χ0n) is 12.6. The molecule has 1 aliphatic rings. The first-order valence-corrected chi connectivity index (χ1v) is 7.42. The van der Waals surface area contributed by atoms with Gasteiger partial charge in [-0.05, 0) is 25.0 Å². The Bertz CT molecular complexity index is 691. The van der Waals surface area contributed by atoms with Crippen LogP contribution < -0.4 is 11.1 Å². The van der Waals surface area contributed by atoms with Gasteiger partial charge in [-0.2, -0.15) is 0 Å². The summed E-state index contributed by atoms with van der Waals surface area (Å²) < 4.78 is 15.0. The maximum atomic E-state index is 13.2. The zero-order valence-corrected chi connectivity index (χ0v) is 12.6. The Balaban J connectivity index is 1.67. The molecule has 1 amide bonds.